The Kier molecular flexibility index (Phi) is 5.34. The van der Waals surface area contributed by atoms with Crippen LogP contribution in [0.1, 0.15) is 30.8 Å². The highest BCUT2D eigenvalue weighted by atomic mass is 16.4. The van der Waals surface area contributed by atoms with Gasteiger partial charge in [0.2, 0.25) is 0 Å². The number of rotatable bonds is 6. The minimum absolute atomic E-state index is 0.178. The monoisotopic (exact) mass is 289 g/mol. The molecule has 0 spiro atoms. The van der Waals surface area contributed by atoms with Gasteiger partial charge in [-0.15, -0.1) is 0 Å². The molecule has 0 aliphatic carbocycles. The van der Waals surface area contributed by atoms with E-state index < -0.39 is 6.10 Å². The van der Waals surface area contributed by atoms with Gasteiger partial charge in [-0.2, -0.15) is 0 Å². The van der Waals surface area contributed by atoms with Crippen molar-refractivity contribution in [2.75, 3.05) is 0 Å². The lowest BCUT2D eigenvalue weighted by Gasteiger charge is -2.17. The number of urea groups is 1. The van der Waals surface area contributed by atoms with E-state index >= 15 is 0 Å². The maximum Gasteiger partial charge on any atom is 0.315 e. The number of amides is 2. The molecule has 2 amide bonds. The van der Waals surface area contributed by atoms with Crippen molar-refractivity contribution in [3.8, 4) is 0 Å². The van der Waals surface area contributed by atoms with E-state index in [2.05, 4.69) is 15.6 Å². The van der Waals surface area contributed by atoms with E-state index in [1.807, 2.05) is 19.1 Å². The zero-order valence-corrected chi connectivity index (χ0v) is 11.8. The minimum atomic E-state index is -0.726. The molecule has 2 heterocycles. The van der Waals surface area contributed by atoms with Crippen molar-refractivity contribution < 1.29 is 14.3 Å². The summed E-state index contributed by atoms with van der Waals surface area (Å²) < 4.78 is 5.12. The second kappa shape index (κ2) is 7.44. The quantitative estimate of drug-likeness (QED) is 0.759. The standard InChI is InChI=1S/C15H19N3O3/c1-11(9-13(19)14-3-2-8-21-14)18-15(20)17-10-12-4-6-16-7-5-12/h2-8,11,13,19H,9-10H2,1H3,(H2,17,18,20). The Labute approximate surface area is 123 Å². The Morgan fingerprint density at radius 1 is 1.38 bits per heavy atom. The first-order chi connectivity index (χ1) is 10.1. The van der Waals surface area contributed by atoms with Gasteiger partial charge in [0.15, 0.2) is 0 Å². The van der Waals surface area contributed by atoms with Crippen molar-refractivity contribution in [3.63, 3.8) is 0 Å². The fourth-order valence-corrected chi connectivity index (χ4v) is 1.95. The maximum absolute atomic E-state index is 11.8. The Hall–Kier alpha value is -2.34. The lowest BCUT2D eigenvalue weighted by molar-refractivity contribution is 0.129. The predicted molar refractivity (Wildman–Crippen MR) is 77.4 cm³/mol. The van der Waals surface area contributed by atoms with Gasteiger partial charge in [0.25, 0.3) is 0 Å². The molecule has 3 N–H and O–H groups in total. The summed E-state index contributed by atoms with van der Waals surface area (Å²) in [6, 6.07) is 6.65. The molecule has 0 aliphatic rings. The van der Waals surface area contributed by atoms with Crippen molar-refractivity contribution in [1.82, 2.24) is 15.6 Å². The van der Waals surface area contributed by atoms with Crippen LogP contribution in [0.4, 0.5) is 4.79 Å². The van der Waals surface area contributed by atoms with Gasteiger partial charge in [-0.25, -0.2) is 4.79 Å². The first-order valence-corrected chi connectivity index (χ1v) is 6.80. The van der Waals surface area contributed by atoms with Crippen molar-refractivity contribution >= 4 is 6.03 Å². The molecule has 6 nitrogen and oxygen atoms in total. The van der Waals surface area contributed by atoms with Crippen LogP contribution in [0.15, 0.2) is 47.3 Å². The van der Waals surface area contributed by atoms with Crippen LogP contribution in [0.2, 0.25) is 0 Å². The van der Waals surface area contributed by atoms with Crippen LogP contribution >= 0.6 is 0 Å². The first-order valence-electron chi connectivity index (χ1n) is 6.80. The lowest BCUT2D eigenvalue weighted by atomic mass is 10.1. The second-order valence-corrected chi connectivity index (χ2v) is 4.85. The van der Waals surface area contributed by atoms with E-state index in [-0.39, 0.29) is 12.1 Å². The molecule has 6 heteroatoms. The highest BCUT2D eigenvalue weighted by molar-refractivity contribution is 5.74. The molecular formula is C15H19N3O3. The van der Waals surface area contributed by atoms with Crippen LogP contribution < -0.4 is 10.6 Å². The molecule has 21 heavy (non-hydrogen) atoms. The van der Waals surface area contributed by atoms with E-state index in [1.165, 1.54) is 6.26 Å². The highest BCUT2D eigenvalue weighted by Crippen LogP contribution is 2.18. The Morgan fingerprint density at radius 2 is 2.14 bits per heavy atom. The third-order valence-corrected chi connectivity index (χ3v) is 3.03. The van der Waals surface area contributed by atoms with Crippen molar-refractivity contribution in [2.24, 2.45) is 0 Å². The van der Waals surface area contributed by atoms with E-state index in [1.54, 1.807) is 24.5 Å². The maximum atomic E-state index is 11.8. The third kappa shape index (κ3) is 4.92. The molecular weight excluding hydrogens is 270 g/mol. The molecule has 0 radical (unpaired) electrons. The Morgan fingerprint density at radius 3 is 2.81 bits per heavy atom. The van der Waals surface area contributed by atoms with Crippen LogP contribution in [0.3, 0.4) is 0 Å². The largest absolute Gasteiger partial charge is 0.467 e. The van der Waals surface area contributed by atoms with Gasteiger partial charge in [-0.1, -0.05) is 0 Å². The van der Waals surface area contributed by atoms with Crippen LogP contribution in [-0.4, -0.2) is 22.2 Å². The van der Waals surface area contributed by atoms with E-state index in [4.69, 9.17) is 4.42 Å². The highest BCUT2D eigenvalue weighted by Gasteiger charge is 2.16. The molecule has 0 aromatic carbocycles. The summed E-state index contributed by atoms with van der Waals surface area (Å²) in [7, 11) is 0. The summed E-state index contributed by atoms with van der Waals surface area (Å²) in [6.07, 6.45) is 4.53. The van der Waals surface area contributed by atoms with Crippen LogP contribution in [0, 0.1) is 0 Å². The minimum Gasteiger partial charge on any atom is -0.467 e. The molecule has 0 aliphatic heterocycles. The molecule has 2 aromatic heterocycles. The second-order valence-electron chi connectivity index (χ2n) is 4.85. The van der Waals surface area contributed by atoms with Crippen LogP contribution in [0.5, 0.6) is 0 Å². The zero-order chi connectivity index (χ0) is 15.1. The van der Waals surface area contributed by atoms with Gasteiger partial charge in [-0.05, 0) is 36.8 Å². The fraction of sp³-hybridized carbons (Fsp3) is 0.333. The molecule has 0 bridgehead atoms. The molecule has 112 valence electrons. The third-order valence-electron chi connectivity index (χ3n) is 3.03. The van der Waals surface area contributed by atoms with Gasteiger partial charge in [0.1, 0.15) is 11.9 Å². The average Bonchev–Trinajstić information content (AvgIpc) is 3.00. The smallest absolute Gasteiger partial charge is 0.315 e. The van der Waals surface area contributed by atoms with Crippen molar-refractivity contribution in [1.29, 1.82) is 0 Å². The number of aliphatic hydroxyl groups excluding tert-OH is 1. The Bertz CT molecular complexity index is 543. The molecule has 0 saturated heterocycles. The summed E-state index contributed by atoms with van der Waals surface area (Å²) in [5, 5.41) is 15.5. The number of aliphatic hydroxyl groups is 1. The molecule has 2 atom stereocenters. The number of nitrogens with zero attached hydrogens (tertiary/aromatic N) is 1. The van der Waals surface area contributed by atoms with Gasteiger partial charge < -0.3 is 20.2 Å². The molecule has 2 unspecified atom stereocenters. The van der Waals surface area contributed by atoms with Crippen LogP contribution in [0.25, 0.3) is 0 Å². The van der Waals surface area contributed by atoms with Crippen molar-refractivity contribution in [3.05, 3.63) is 54.2 Å². The summed E-state index contributed by atoms with van der Waals surface area (Å²) >= 11 is 0. The van der Waals surface area contributed by atoms with Gasteiger partial charge in [-0.3, -0.25) is 4.98 Å². The van der Waals surface area contributed by atoms with E-state index in [9.17, 15) is 9.90 Å². The lowest BCUT2D eigenvalue weighted by Crippen LogP contribution is -2.41. The average molecular weight is 289 g/mol. The summed E-state index contributed by atoms with van der Waals surface area (Å²) in [5.74, 6) is 0.501. The normalized spacial score (nSPS) is 13.4. The number of hydrogen-bond donors (Lipinski definition) is 3. The Balaban J connectivity index is 1.72. The number of hydrogen-bond acceptors (Lipinski definition) is 4. The van der Waals surface area contributed by atoms with E-state index in [0.29, 0.717) is 18.7 Å². The molecule has 2 rings (SSSR count). The number of carbonyl (C=O) groups excluding carboxylic acids is 1. The first kappa shape index (κ1) is 15.1. The number of pyridine rings is 1. The summed E-state index contributed by atoms with van der Waals surface area (Å²) in [5.41, 5.74) is 0.975. The summed E-state index contributed by atoms with van der Waals surface area (Å²) in [4.78, 5) is 15.7. The number of carbonyl (C=O) groups is 1. The van der Waals surface area contributed by atoms with Gasteiger partial charge in [0, 0.05) is 31.4 Å². The predicted octanol–water partition coefficient (Wildman–Crippen LogP) is 1.99. The molecule has 2 aromatic rings. The number of nitrogens with one attached hydrogen (secondary N) is 2. The van der Waals surface area contributed by atoms with Crippen molar-refractivity contribution in [2.45, 2.75) is 32.0 Å². The molecule has 0 fully saturated rings. The SMILES string of the molecule is CC(CC(O)c1ccco1)NC(=O)NCc1ccncc1. The summed E-state index contributed by atoms with van der Waals surface area (Å²) in [6.45, 7) is 2.26. The number of furan rings is 1. The van der Waals surface area contributed by atoms with E-state index in [0.717, 1.165) is 5.56 Å². The van der Waals surface area contributed by atoms with Crippen LogP contribution in [-0.2, 0) is 6.54 Å². The van der Waals surface area contributed by atoms with Gasteiger partial charge in [0.05, 0.1) is 6.26 Å². The fourth-order valence-electron chi connectivity index (χ4n) is 1.95. The molecule has 0 saturated carbocycles. The topological polar surface area (TPSA) is 87.4 Å². The number of aromatic nitrogens is 1. The van der Waals surface area contributed by atoms with Gasteiger partial charge >= 0.3 is 6.03 Å². The zero-order valence-electron chi connectivity index (χ0n) is 11.8.